The van der Waals surface area contributed by atoms with Crippen LogP contribution in [0.5, 0.6) is 0 Å². The molecule has 16 heteroatoms. The molecule has 2 aromatic heterocycles. The molecule has 260 valence electrons. The number of rotatable bonds is 9. The number of hydrogen-bond acceptors (Lipinski definition) is 8. The first-order valence-corrected chi connectivity index (χ1v) is 15.5. The fourth-order valence-electron chi connectivity index (χ4n) is 6.44. The Labute approximate surface area is 273 Å². The normalized spacial score (nSPS) is 22.1. The lowest BCUT2D eigenvalue weighted by Crippen LogP contribution is -2.57. The number of imidazole rings is 1. The second-order valence-corrected chi connectivity index (χ2v) is 12.6. The molecule has 1 aliphatic carbocycles. The lowest BCUT2D eigenvalue weighted by atomic mass is 9.72. The predicted octanol–water partition coefficient (Wildman–Crippen LogP) is 4.99. The van der Waals surface area contributed by atoms with Crippen LogP contribution in [0.2, 0.25) is 0 Å². The molecule has 48 heavy (non-hydrogen) atoms. The van der Waals surface area contributed by atoms with Crippen LogP contribution < -0.4 is 15.5 Å². The number of alkyl carbamates (subject to hydrolysis) is 1. The number of hydrogen-bond donors (Lipinski definition) is 2. The zero-order valence-corrected chi connectivity index (χ0v) is 26.7. The number of nitrogens with one attached hydrogen (secondary N) is 2. The van der Waals surface area contributed by atoms with E-state index in [4.69, 9.17) is 9.47 Å². The highest BCUT2D eigenvalue weighted by molar-refractivity contribution is 6.03. The van der Waals surface area contributed by atoms with Gasteiger partial charge in [0.2, 0.25) is 11.8 Å². The minimum absolute atomic E-state index is 0.0187. The van der Waals surface area contributed by atoms with Gasteiger partial charge in [-0.2, -0.15) is 18.3 Å². The van der Waals surface area contributed by atoms with Gasteiger partial charge >= 0.3 is 18.2 Å². The SMILES string of the molecule is COC(=O)C1(Cc2nn3cc([C@@H](NC(=O)OCc4ccccc4)C4CCC(F)(F)CC4)nc3cc2N(C)C)C[C@@H](C(F)(F)F)CNC1=O. The number of anilines is 1. The molecular formula is C32H37F5N6O5. The van der Waals surface area contributed by atoms with Gasteiger partial charge in [0.25, 0.3) is 0 Å². The van der Waals surface area contributed by atoms with Crippen LogP contribution in [0.4, 0.5) is 32.4 Å². The second-order valence-electron chi connectivity index (χ2n) is 12.6. The van der Waals surface area contributed by atoms with Gasteiger partial charge in [0.1, 0.15) is 6.61 Å². The van der Waals surface area contributed by atoms with Crippen molar-refractivity contribution in [3.05, 3.63) is 59.5 Å². The number of halogens is 5. The average Bonchev–Trinajstić information content (AvgIpc) is 3.45. The van der Waals surface area contributed by atoms with Gasteiger partial charge in [-0.15, -0.1) is 0 Å². The van der Waals surface area contributed by atoms with E-state index in [2.05, 4.69) is 20.7 Å². The van der Waals surface area contributed by atoms with Crippen molar-refractivity contribution in [2.75, 3.05) is 32.6 Å². The fourth-order valence-corrected chi connectivity index (χ4v) is 6.44. The fraction of sp³-hybridized carbons (Fsp3) is 0.531. The number of ether oxygens (including phenoxy) is 2. The van der Waals surface area contributed by atoms with E-state index in [1.54, 1.807) is 49.3 Å². The summed E-state index contributed by atoms with van der Waals surface area (Å²) >= 11 is 0. The number of aromatic nitrogens is 3. The molecule has 3 heterocycles. The molecule has 1 saturated heterocycles. The van der Waals surface area contributed by atoms with E-state index >= 15 is 0 Å². The van der Waals surface area contributed by atoms with Gasteiger partial charge in [0.15, 0.2) is 11.1 Å². The van der Waals surface area contributed by atoms with Crippen molar-refractivity contribution in [2.45, 2.75) is 63.3 Å². The summed E-state index contributed by atoms with van der Waals surface area (Å²) in [6.45, 7) is -0.691. The quantitative estimate of drug-likeness (QED) is 0.184. The Balaban J connectivity index is 1.50. The Morgan fingerprint density at radius 1 is 1.17 bits per heavy atom. The number of benzene rings is 1. The van der Waals surface area contributed by atoms with Gasteiger partial charge in [-0.3, -0.25) is 9.59 Å². The lowest BCUT2D eigenvalue weighted by Gasteiger charge is -2.38. The van der Waals surface area contributed by atoms with Crippen LogP contribution in [0.1, 0.15) is 55.1 Å². The molecule has 0 bridgehead atoms. The highest BCUT2D eigenvalue weighted by Gasteiger charge is 2.57. The van der Waals surface area contributed by atoms with Gasteiger partial charge < -0.3 is 25.0 Å². The summed E-state index contributed by atoms with van der Waals surface area (Å²) in [6, 6.07) is 9.72. The third-order valence-corrected chi connectivity index (χ3v) is 9.09. The van der Waals surface area contributed by atoms with E-state index in [-0.39, 0.29) is 43.6 Å². The lowest BCUT2D eigenvalue weighted by molar-refractivity contribution is -0.195. The summed E-state index contributed by atoms with van der Waals surface area (Å²) in [7, 11) is 4.31. The van der Waals surface area contributed by atoms with Crippen LogP contribution in [0, 0.1) is 17.3 Å². The molecule has 1 saturated carbocycles. The van der Waals surface area contributed by atoms with Gasteiger partial charge in [-0.05, 0) is 30.7 Å². The zero-order valence-electron chi connectivity index (χ0n) is 26.7. The summed E-state index contributed by atoms with van der Waals surface area (Å²) < 4.78 is 81.2. The summed E-state index contributed by atoms with van der Waals surface area (Å²) in [5.41, 5.74) is -0.414. The first kappa shape index (κ1) is 34.8. The molecule has 2 amide bonds. The topological polar surface area (TPSA) is 127 Å². The summed E-state index contributed by atoms with van der Waals surface area (Å²) in [5.74, 6) is -7.26. The third-order valence-electron chi connectivity index (χ3n) is 9.09. The Morgan fingerprint density at radius 3 is 2.48 bits per heavy atom. The summed E-state index contributed by atoms with van der Waals surface area (Å²) in [4.78, 5) is 45.4. The molecule has 11 nitrogen and oxygen atoms in total. The Bertz CT molecular complexity index is 1630. The van der Waals surface area contributed by atoms with Crippen LogP contribution >= 0.6 is 0 Å². The van der Waals surface area contributed by atoms with Crippen molar-refractivity contribution < 1.29 is 45.8 Å². The molecule has 2 fully saturated rings. The maximum Gasteiger partial charge on any atom is 0.408 e. The number of esters is 1. The number of fused-ring (bicyclic) bond motifs is 1. The van der Waals surface area contributed by atoms with Crippen LogP contribution in [0.25, 0.3) is 5.65 Å². The van der Waals surface area contributed by atoms with Gasteiger partial charge in [-0.25, -0.2) is 23.1 Å². The molecule has 1 aromatic carbocycles. The smallest absolute Gasteiger partial charge is 0.408 e. The molecule has 0 radical (unpaired) electrons. The molecule has 3 aromatic rings. The maximum absolute atomic E-state index is 14.1. The molecular weight excluding hydrogens is 643 g/mol. The molecule has 1 aliphatic heterocycles. The number of alkyl halides is 5. The van der Waals surface area contributed by atoms with Crippen molar-refractivity contribution in [3.63, 3.8) is 0 Å². The number of amides is 2. The number of carbonyl (C=O) groups is 3. The molecule has 2 aliphatic rings. The Morgan fingerprint density at radius 2 is 1.85 bits per heavy atom. The largest absolute Gasteiger partial charge is 0.468 e. The Hall–Kier alpha value is -4.50. The van der Waals surface area contributed by atoms with Crippen LogP contribution in [-0.2, 0) is 32.1 Å². The highest BCUT2D eigenvalue weighted by Crippen LogP contribution is 2.44. The van der Waals surface area contributed by atoms with Gasteiger partial charge in [0.05, 0.1) is 42.3 Å². The molecule has 1 unspecified atom stereocenters. The number of methoxy groups -OCH3 is 1. The van der Waals surface area contributed by atoms with Crippen LogP contribution in [0.15, 0.2) is 42.6 Å². The summed E-state index contributed by atoms with van der Waals surface area (Å²) in [5, 5.41) is 9.60. The van der Waals surface area contributed by atoms with Crippen LogP contribution in [0.3, 0.4) is 0 Å². The van der Waals surface area contributed by atoms with Crippen molar-refractivity contribution in [3.8, 4) is 0 Å². The van der Waals surface area contributed by atoms with E-state index in [9.17, 15) is 36.3 Å². The maximum atomic E-state index is 14.1. The molecule has 0 spiro atoms. The van der Waals surface area contributed by atoms with E-state index < -0.39 is 72.7 Å². The van der Waals surface area contributed by atoms with E-state index in [1.807, 2.05) is 6.07 Å². The third kappa shape index (κ3) is 7.46. The first-order chi connectivity index (χ1) is 22.6. The predicted molar refractivity (Wildman–Crippen MR) is 162 cm³/mol. The van der Waals surface area contributed by atoms with Crippen molar-refractivity contribution >= 4 is 29.3 Å². The molecule has 3 atom stereocenters. The van der Waals surface area contributed by atoms with Crippen molar-refractivity contribution in [1.82, 2.24) is 25.2 Å². The van der Waals surface area contributed by atoms with Crippen LogP contribution in [-0.4, -0.2) is 72.4 Å². The van der Waals surface area contributed by atoms with Crippen molar-refractivity contribution in [1.29, 1.82) is 0 Å². The van der Waals surface area contributed by atoms with E-state index in [0.717, 1.165) is 12.7 Å². The number of nitrogens with zero attached hydrogens (tertiary/aromatic N) is 4. The standard InChI is InChI=1S/C32H37F5N6O5/c1-42(2)24-13-25-39-23(26(20-9-11-31(33,34)12-10-20)40-29(46)48-18-19-7-5-4-6-8-19)17-43(25)41-22(24)15-30(28(45)47-3)14-21(32(35,36)37)16-38-27(30)44/h4-8,13,17,20-21,26H,9-12,14-16,18H2,1-3H3,(H,38,44)(H,40,46)/t21-,26+,30?/m1/s1. The van der Waals surface area contributed by atoms with E-state index in [1.165, 1.54) is 10.7 Å². The average molecular weight is 681 g/mol. The number of carbonyl (C=O) groups excluding carboxylic acids is 3. The number of piperidine rings is 1. The summed E-state index contributed by atoms with van der Waals surface area (Å²) in [6.07, 6.45) is -5.85. The van der Waals surface area contributed by atoms with Crippen molar-refractivity contribution in [2.24, 2.45) is 17.3 Å². The molecule has 5 rings (SSSR count). The van der Waals surface area contributed by atoms with Gasteiger partial charge in [-0.1, -0.05) is 30.3 Å². The molecule has 2 N–H and O–H groups in total. The zero-order chi connectivity index (χ0) is 34.9. The Kier molecular flexibility index (Phi) is 9.83. The first-order valence-electron chi connectivity index (χ1n) is 15.5. The minimum Gasteiger partial charge on any atom is -0.468 e. The highest BCUT2D eigenvalue weighted by atomic mass is 19.4. The van der Waals surface area contributed by atoms with E-state index in [0.29, 0.717) is 11.4 Å². The monoisotopic (exact) mass is 680 g/mol. The second kappa shape index (κ2) is 13.5. The van der Waals surface area contributed by atoms with Gasteiger partial charge in [0, 0.05) is 46.0 Å². The minimum atomic E-state index is -4.68.